The molecule has 0 aromatic heterocycles. The second-order valence-electron chi connectivity index (χ2n) is 6.37. The maximum absolute atomic E-state index is 12.3. The number of carbonyl (C=O) groups is 1. The van der Waals surface area contributed by atoms with Crippen molar-refractivity contribution >= 4 is 11.6 Å². The molecule has 1 amide bonds. The van der Waals surface area contributed by atoms with Crippen LogP contribution in [0.1, 0.15) is 24.8 Å². The van der Waals surface area contributed by atoms with E-state index in [1.54, 1.807) is 0 Å². The minimum atomic E-state index is 0.269. The van der Waals surface area contributed by atoms with Crippen LogP contribution in [0.3, 0.4) is 0 Å². The molecule has 3 aliphatic rings. The predicted octanol–water partition coefficient (Wildman–Crippen LogP) is 3.23. The third-order valence-corrected chi connectivity index (χ3v) is 5.36. The molecule has 3 fully saturated rings. The average molecular weight is 241 g/mol. The highest BCUT2D eigenvalue weighted by Gasteiger charge is 2.67. The molecule has 0 saturated heterocycles. The van der Waals surface area contributed by atoms with E-state index in [0.29, 0.717) is 5.92 Å². The van der Waals surface area contributed by atoms with Gasteiger partial charge in [-0.25, -0.2) is 0 Å². The Morgan fingerprint density at radius 1 is 1.11 bits per heavy atom. The van der Waals surface area contributed by atoms with E-state index >= 15 is 0 Å². The second-order valence-corrected chi connectivity index (χ2v) is 6.37. The van der Waals surface area contributed by atoms with E-state index in [9.17, 15) is 4.79 Å². The molecule has 4 atom stereocenters. The smallest absolute Gasteiger partial charge is 0.228 e. The van der Waals surface area contributed by atoms with Crippen molar-refractivity contribution in [3.05, 3.63) is 29.8 Å². The summed E-state index contributed by atoms with van der Waals surface area (Å²) in [6.07, 6.45) is 4.16. The summed E-state index contributed by atoms with van der Waals surface area (Å²) in [5.41, 5.74) is 2.18. The van der Waals surface area contributed by atoms with Crippen LogP contribution in [0.15, 0.2) is 24.3 Å². The van der Waals surface area contributed by atoms with Crippen LogP contribution < -0.4 is 5.32 Å². The van der Waals surface area contributed by atoms with Crippen LogP contribution in [0.4, 0.5) is 5.69 Å². The van der Waals surface area contributed by atoms with E-state index in [1.165, 1.54) is 24.8 Å². The monoisotopic (exact) mass is 241 g/mol. The summed E-state index contributed by atoms with van der Waals surface area (Å²) in [6, 6.07) is 8.10. The van der Waals surface area contributed by atoms with Gasteiger partial charge in [-0.05, 0) is 62.0 Å². The van der Waals surface area contributed by atoms with Crippen LogP contribution in [0.25, 0.3) is 0 Å². The molecule has 0 unspecified atom stereocenters. The Balaban J connectivity index is 1.45. The maximum Gasteiger partial charge on any atom is 0.228 e. The predicted molar refractivity (Wildman–Crippen MR) is 71.1 cm³/mol. The number of carbonyl (C=O) groups excluding carboxylic acids is 1. The van der Waals surface area contributed by atoms with Gasteiger partial charge < -0.3 is 5.32 Å². The quantitative estimate of drug-likeness (QED) is 0.846. The molecule has 0 aliphatic heterocycles. The first-order valence-electron chi connectivity index (χ1n) is 7.11. The van der Waals surface area contributed by atoms with Crippen molar-refractivity contribution in [1.29, 1.82) is 0 Å². The van der Waals surface area contributed by atoms with Gasteiger partial charge in [0.25, 0.3) is 0 Å². The van der Waals surface area contributed by atoms with Crippen molar-refractivity contribution in [1.82, 2.24) is 0 Å². The minimum absolute atomic E-state index is 0.269. The lowest BCUT2D eigenvalue weighted by Gasteiger charge is -2.09. The molecule has 0 radical (unpaired) electrons. The zero-order valence-electron chi connectivity index (χ0n) is 10.7. The number of aryl methyl sites for hydroxylation is 1. The van der Waals surface area contributed by atoms with Gasteiger partial charge in [0.2, 0.25) is 5.91 Å². The molecule has 1 aromatic carbocycles. The average Bonchev–Trinajstić information content (AvgIpc) is 2.82. The number of fused-ring (bicyclic) bond motifs is 5. The number of rotatable bonds is 2. The van der Waals surface area contributed by atoms with E-state index in [2.05, 4.69) is 12.2 Å². The van der Waals surface area contributed by atoms with Crippen LogP contribution in [-0.2, 0) is 4.79 Å². The van der Waals surface area contributed by atoms with Crippen LogP contribution in [-0.4, -0.2) is 5.91 Å². The van der Waals surface area contributed by atoms with Gasteiger partial charge in [-0.3, -0.25) is 4.79 Å². The van der Waals surface area contributed by atoms with E-state index in [-0.39, 0.29) is 5.91 Å². The maximum atomic E-state index is 12.3. The lowest BCUT2D eigenvalue weighted by molar-refractivity contribution is -0.118. The van der Waals surface area contributed by atoms with Crippen LogP contribution in [0.5, 0.6) is 0 Å². The summed E-state index contributed by atoms with van der Waals surface area (Å²) in [4.78, 5) is 12.3. The van der Waals surface area contributed by atoms with Crippen molar-refractivity contribution < 1.29 is 4.79 Å². The van der Waals surface area contributed by atoms with E-state index in [1.807, 2.05) is 24.3 Å². The van der Waals surface area contributed by atoms with Crippen LogP contribution in [0, 0.1) is 36.5 Å². The zero-order chi connectivity index (χ0) is 12.3. The second kappa shape index (κ2) is 3.59. The lowest BCUT2D eigenvalue weighted by atomic mass is 10.0. The van der Waals surface area contributed by atoms with Gasteiger partial charge in [0.15, 0.2) is 0 Å². The molecule has 2 bridgehead atoms. The highest BCUT2D eigenvalue weighted by Crippen LogP contribution is 2.69. The zero-order valence-corrected chi connectivity index (χ0v) is 10.7. The summed E-state index contributed by atoms with van der Waals surface area (Å²) >= 11 is 0. The molecule has 4 rings (SSSR count). The SMILES string of the molecule is Cc1ccc(NC(=O)C2[C@H]3[C@@H]4CC[C@H](C4)[C@H]23)cc1. The largest absolute Gasteiger partial charge is 0.326 e. The van der Waals surface area contributed by atoms with Gasteiger partial charge in [0, 0.05) is 11.6 Å². The molecule has 1 aromatic rings. The number of hydrogen-bond acceptors (Lipinski definition) is 1. The Morgan fingerprint density at radius 3 is 2.33 bits per heavy atom. The first-order chi connectivity index (χ1) is 8.74. The molecular formula is C16H19NO. The Bertz CT molecular complexity index is 476. The number of anilines is 1. The Kier molecular flexibility index (Phi) is 2.12. The molecule has 2 heteroatoms. The van der Waals surface area contributed by atoms with Crippen molar-refractivity contribution in [2.24, 2.45) is 29.6 Å². The summed E-state index contributed by atoms with van der Waals surface area (Å²) in [7, 11) is 0. The van der Waals surface area contributed by atoms with Crippen molar-refractivity contribution in [3.63, 3.8) is 0 Å². The van der Waals surface area contributed by atoms with Gasteiger partial charge in [-0.15, -0.1) is 0 Å². The number of benzene rings is 1. The molecule has 0 spiro atoms. The molecule has 3 aliphatic carbocycles. The van der Waals surface area contributed by atoms with Gasteiger partial charge >= 0.3 is 0 Å². The molecule has 1 N–H and O–H groups in total. The molecule has 0 heterocycles. The molecule has 18 heavy (non-hydrogen) atoms. The number of nitrogens with one attached hydrogen (secondary N) is 1. The lowest BCUT2D eigenvalue weighted by Crippen LogP contribution is -2.18. The first kappa shape index (κ1) is 10.6. The van der Waals surface area contributed by atoms with E-state index in [4.69, 9.17) is 0 Å². The van der Waals surface area contributed by atoms with Gasteiger partial charge in [-0.1, -0.05) is 17.7 Å². The summed E-state index contributed by atoms with van der Waals surface area (Å²) in [6.45, 7) is 2.06. The third kappa shape index (κ3) is 1.44. The Labute approximate surface area is 108 Å². The third-order valence-electron chi connectivity index (χ3n) is 5.36. The van der Waals surface area contributed by atoms with Crippen LogP contribution >= 0.6 is 0 Å². The van der Waals surface area contributed by atoms with Gasteiger partial charge in [0.1, 0.15) is 0 Å². The van der Waals surface area contributed by atoms with E-state index in [0.717, 1.165) is 29.4 Å². The molecule has 3 saturated carbocycles. The Hall–Kier alpha value is -1.31. The fraction of sp³-hybridized carbons (Fsp3) is 0.562. The standard InChI is InChI=1S/C16H19NO/c1-9-2-6-12(7-3-9)17-16(18)15-13-10-4-5-11(8-10)14(13)15/h2-3,6-7,10-11,13-15H,4-5,8H2,1H3,(H,17,18)/t10-,11-,13+,14+/m1/s1. The normalized spacial score (nSPS) is 39.5. The van der Waals surface area contributed by atoms with Crippen molar-refractivity contribution in [3.8, 4) is 0 Å². The van der Waals surface area contributed by atoms with Crippen molar-refractivity contribution in [2.75, 3.05) is 5.32 Å². The number of hydrogen-bond donors (Lipinski definition) is 1. The molecular weight excluding hydrogens is 222 g/mol. The summed E-state index contributed by atoms with van der Waals surface area (Å²) < 4.78 is 0. The summed E-state index contributed by atoms with van der Waals surface area (Å²) in [5.74, 6) is 3.80. The van der Waals surface area contributed by atoms with Crippen molar-refractivity contribution in [2.45, 2.75) is 26.2 Å². The van der Waals surface area contributed by atoms with Crippen LogP contribution in [0.2, 0.25) is 0 Å². The molecule has 94 valence electrons. The Morgan fingerprint density at radius 2 is 1.72 bits per heavy atom. The fourth-order valence-corrected chi connectivity index (χ4v) is 4.54. The van der Waals surface area contributed by atoms with Gasteiger partial charge in [0.05, 0.1) is 0 Å². The first-order valence-corrected chi connectivity index (χ1v) is 7.11. The summed E-state index contributed by atoms with van der Waals surface area (Å²) in [5, 5.41) is 3.09. The minimum Gasteiger partial charge on any atom is -0.326 e. The highest BCUT2D eigenvalue weighted by atomic mass is 16.2. The topological polar surface area (TPSA) is 29.1 Å². The fourth-order valence-electron chi connectivity index (χ4n) is 4.54. The number of amides is 1. The van der Waals surface area contributed by atoms with Gasteiger partial charge in [-0.2, -0.15) is 0 Å². The van der Waals surface area contributed by atoms with E-state index < -0.39 is 0 Å². The molecule has 2 nitrogen and oxygen atoms in total. The highest BCUT2D eigenvalue weighted by molar-refractivity contribution is 5.95.